The number of hydrogen-bond acceptors (Lipinski definition) is 5. The molecule has 2 heterocycles. The number of ether oxygens (including phenoxy) is 2. The van der Waals surface area contributed by atoms with Crippen molar-refractivity contribution in [2.24, 2.45) is 0 Å². The average Bonchev–Trinajstić information content (AvgIpc) is 3.16. The third kappa shape index (κ3) is 2.95. The molecule has 3 aromatic rings. The molecule has 4 rings (SSSR count). The lowest BCUT2D eigenvalue weighted by atomic mass is 9.89. The molecule has 0 spiro atoms. The monoisotopic (exact) mass is 374 g/mol. The van der Waals surface area contributed by atoms with Gasteiger partial charge >= 0.3 is 0 Å². The minimum atomic E-state index is -0.186. The smallest absolute Gasteiger partial charge is 0.226 e. The van der Waals surface area contributed by atoms with Crippen molar-refractivity contribution < 1.29 is 14.3 Å². The van der Waals surface area contributed by atoms with Gasteiger partial charge in [-0.3, -0.25) is 9.36 Å². The van der Waals surface area contributed by atoms with Crippen molar-refractivity contribution in [2.45, 2.75) is 12.3 Å². The van der Waals surface area contributed by atoms with E-state index in [0.717, 1.165) is 16.9 Å². The number of carbonyl (C=O) groups is 1. The first-order chi connectivity index (χ1) is 13.6. The third-order valence-electron chi connectivity index (χ3n) is 4.86. The number of nitriles is 1. The van der Waals surface area contributed by atoms with E-state index in [9.17, 15) is 4.79 Å². The van der Waals surface area contributed by atoms with E-state index in [0.29, 0.717) is 29.3 Å². The predicted octanol–water partition coefficient (Wildman–Crippen LogP) is 3.24. The highest BCUT2D eigenvalue weighted by Crippen LogP contribution is 2.39. The van der Waals surface area contributed by atoms with Crippen LogP contribution in [0, 0.1) is 11.3 Å². The zero-order valence-corrected chi connectivity index (χ0v) is 15.5. The molecule has 140 valence electrons. The fourth-order valence-electron chi connectivity index (χ4n) is 3.44. The van der Waals surface area contributed by atoms with Crippen molar-refractivity contribution in [1.29, 1.82) is 5.26 Å². The van der Waals surface area contributed by atoms with E-state index in [4.69, 9.17) is 14.7 Å². The number of carbonyl (C=O) groups excluding carboxylic acids is 1. The maximum Gasteiger partial charge on any atom is 0.226 e. The fourth-order valence-corrected chi connectivity index (χ4v) is 3.44. The Morgan fingerprint density at radius 2 is 1.96 bits per heavy atom. The van der Waals surface area contributed by atoms with Crippen molar-refractivity contribution in [3.63, 3.8) is 0 Å². The molecule has 0 bridgehead atoms. The molecule has 0 unspecified atom stereocenters. The van der Waals surface area contributed by atoms with Crippen molar-refractivity contribution in [3.05, 3.63) is 65.6 Å². The van der Waals surface area contributed by atoms with Gasteiger partial charge in [-0.2, -0.15) is 5.26 Å². The van der Waals surface area contributed by atoms with E-state index in [1.807, 2.05) is 30.3 Å². The lowest BCUT2D eigenvalue weighted by molar-refractivity contribution is -0.116. The predicted molar refractivity (Wildman–Crippen MR) is 103 cm³/mol. The summed E-state index contributed by atoms with van der Waals surface area (Å²) in [6.45, 7) is 0. The van der Waals surface area contributed by atoms with Gasteiger partial charge in [0.15, 0.2) is 0 Å². The first kappa shape index (κ1) is 17.6. The number of hydrogen-bond donors (Lipinski definition) is 1. The summed E-state index contributed by atoms with van der Waals surface area (Å²) in [5, 5.41) is 11.9. The Labute approximate surface area is 162 Å². The van der Waals surface area contributed by atoms with Gasteiger partial charge in [0.2, 0.25) is 5.91 Å². The van der Waals surface area contributed by atoms with Crippen LogP contribution in [0.2, 0.25) is 0 Å². The fraction of sp³-hybridized carbons (Fsp3) is 0.190. The highest BCUT2D eigenvalue weighted by molar-refractivity contribution is 5.94. The third-order valence-corrected chi connectivity index (χ3v) is 4.86. The molecule has 0 saturated carbocycles. The number of rotatable bonds is 4. The van der Waals surface area contributed by atoms with Gasteiger partial charge < -0.3 is 14.8 Å². The Morgan fingerprint density at radius 3 is 2.64 bits per heavy atom. The first-order valence-corrected chi connectivity index (χ1v) is 8.74. The number of anilines is 1. The number of amides is 1. The Kier molecular flexibility index (Phi) is 4.45. The highest BCUT2D eigenvalue weighted by atomic mass is 16.5. The molecule has 1 atom stereocenters. The van der Waals surface area contributed by atoms with Gasteiger partial charge in [0, 0.05) is 18.4 Å². The van der Waals surface area contributed by atoms with Crippen LogP contribution in [0.25, 0.3) is 5.69 Å². The maximum atomic E-state index is 12.4. The number of imidazole rings is 1. The van der Waals surface area contributed by atoms with E-state index >= 15 is 0 Å². The zero-order valence-electron chi connectivity index (χ0n) is 15.5. The quantitative estimate of drug-likeness (QED) is 0.757. The largest absolute Gasteiger partial charge is 0.497 e. The highest BCUT2D eigenvalue weighted by Gasteiger charge is 2.31. The second-order valence-corrected chi connectivity index (χ2v) is 6.42. The molecule has 1 N–H and O–H groups in total. The maximum absolute atomic E-state index is 12.4. The van der Waals surface area contributed by atoms with E-state index < -0.39 is 0 Å². The SMILES string of the molecule is COc1ccc(OC)c(-n2cnc3c2NC(=O)C[C@H]3c2ccc(C#N)cc2)c1. The standard InChI is InChI=1S/C21H18N4O3/c1-27-15-7-8-18(28-2)17(9-15)25-12-23-20-16(10-19(26)24-21(20)25)14-5-3-13(11-22)4-6-14/h3-9,12,16H,10H2,1-2H3,(H,24,26)/t16-/m0/s1. The summed E-state index contributed by atoms with van der Waals surface area (Å²) in [5.41, 5.74) is 3.01. The Morgan fingerprint density at radius 1 is 1.18 bits per heavy atom. The number of nitrogens with one attached hydrogen (secondary N) is 1. The summed E-state index contributed by atoms with van der Waals surface area (Å²) in [5.74, 6) is 1.64. The van der Waals surface area contributed by atoms with E-state index in [1.165, 1.54) is 0 Å². The summed E-state index contributed by atoms with van der Waals surface area (Å²) in [7, 11) is 3.19. The Balaban J connectivity index is 1.82. The first-order valence-electron chi connectivity index (χ1n) is 8.74. The van der Waals surface area contributed by atoms with Crippen LogP contribution in [0.15, 0.2) is 48.8 Å². The summed E-state index contributed by atoms with van der Waals surface area (Å²) in [4.78, 5) is 17.0. The Bertz CT molecular complexity index is 1080. The summed E-state index contributed by atoms with van der Waals surface area (Å²) in [6, 6.07) is 14.8. The molecule has 1 aromatic heterocycles. The number of nitrogens with zero attached hydrogens (tertiary/aromatic N) is 3. The minimum absolute atomic E-state index is 0.0922. The molecule has 0 aliphatic carbocycles. The molecule has 0 radical (unpaired) electrons. The van der Waals surface area contributed by atoms with Gasteiger partial charge in [-0.15, -0.1) is 0 Å². The molecule has 1 amide bonds. The van der Waals surface area contributed by atoms with Crippen molar-refractivity contribution in [2.75, 3.05) is 19.5 Å². The molecular weight excluding hydrogens is 356 g/mol. The summed E-state index contributed by atoms with van der Waals surface area (Å²) >= 11 is 0. The van der Waals surface area contributed by atoms with Crippen molar-refractivity contribution >= 4 is 11.7 Å². The van der Waals surface area contributed by atoms with Gasteiger partial charge in [-0.1, -0.05) is 12.1 Å². The molecule has 1 aliphatic heterocycles. The second kappa shape index (κ2) is 7.08. The number of benzene rings is 2. The van der Waals surface area contributed by atoms with E-state index in [1.54, 1.807) is 37.2 Å². The Hall–Kier alpha value is -3.79. The summed E-state index contributed by atoms with van der Waals surface area (Å²) < 4.78 is 12.6. The van der Waals surface area contributed by atoms with Crippen LogP contribution in [-0.4, -0.2) is 29.7 Å². The lowest BCUT2D eigenvalue weighted by Gasteiger charge is -2.24. The molecule has 7 nitrogen and oxygen atoms in total. The number of methoxy groups -OCH3 is 2. The average molecular weight is 374 g/mol. The van der Waals surface area contributed by atoms with Gasteiger partial charge in [0.05, 0.1) is 37.2 Å². The lowest BCUT2D eigenvalue weighted by Crippen LogP contribution is -2.25. The molecule has 1 aliphatic rings. The van der Waals surface area contributed by atoms with E-state index in [2.05, 4.69) is 16.4 Å². The molecule has 7 heteroatoms. The van der Waals surface area contributed by atoms with Crippen LogP contribution in [0.5, 0.6) is 11.5 Å². The zero-order chi connectivity index (χ0) is 19.7. The molecular formula is C21H18N4O3. The number of fused-ring (bicyclic) bond motifs is 1. The number of aromatic nitrogens is 2. The topological polar surface area (TPSA) is 89.2 Å². The van der Waals surface area contributed by atoms with Crippen LogP contribution < -0.4 is 14.8 Å². The van der Waals surface area contributed by atoms with Crippen LogP contribution in [0.3, 0.4) is 0 Å². The molecule has 28 heavy (non-hydrogen) atoms. The van der Waals surface area contributed by atoms with Crippen molar-refractivity contribution in [3.8, 4) is 23.3 Å². The van der Waals surface area contributed by atoms with Crippen molar-refractivity contribution in [1.82, 2.24) is 9.55 Å². The van der Waals surface area contributed by atoms with Gasteiger partial charge in [0.25, 0.3) is 0 Å². The molecule has 0 fully saturated rings. The van der Waals surface area contributed by atoms with Gasteiger partial charge in [0.1, 0.15) is 23.6 Å². The second-order valence-electron chi connectivity index (χ2n) is 6.42. The van der Waals surface area contributed by atoms with Gasteiger partial charge in [-0.05, 0) is 29.8 Å². The van der Waals surface area contributed by atoms with Crippen LogP contribution in [0.1, 0.15) is 29.2 Å². The van der Waals surface area contributed by atoms with Crippen LogP contribution >= 0.6 is 0 Å². The molecule has 2 aromatic carbocycles. The van der Waals surface area contributed by atoms with Crippen LogP contribution in [-0.2, 0) is 4.79 Å². The van der Waals surface area contributed by atoms with Crippen LogP contribution in [0.4, 0.5) is 5.82 Å². The minimum Gasteiger partial charge on any atom is -0.497 e. The van der Waals surface area contributed by atoms with E-state index in [-0.39, 0.29) is 11.8 Å². The normalized spacial score (nSPS) is 15.3. The molecule has 0 saturated heterocycles. The summed E-state index contributed by atoms with van der Waals surface area (Å²) in [6.07, 6.45) is 1.97. The van der Waals surface area contributed by atoms with Gasteiger partial charge in [-0.25, -0.2) is 4.98 Å².